The van der Waals surface area contributed by atoms with Crippen molar-refractivity contribution in [1.82, 2.24) is 0 Å². The number of hydrogen-bond donors (Lipinski definition) is 1. The molecule has 0 radical (unpaired) electrons. The first-order valence-corrected chi connectivity index (χ1v) is 7.23. The lowest BCUT2D eigenvalue weighted by molar-refractivity contribution is 0.232. The van der Waals surface area contributed by atoms with E-state index in [1.54, 1.807) is 0 Å². The lowest BCUT2D eigenvalue weighted by Gasteiger charge is -2.34. The van der Waals surface area contributed by atoms with Gasteiger partial charge in [0.15, 0.2) is 0 Å². The Morgan fingerprint density at radius 3 is 2.21 bits per heavy atom. The first-order valence-electron chi connectivity index (χ1n) is 7.23. The molecule has 106 valence electrons. The molecule has 1 aliphatic heterocycles. The fraction of sp³-hybridized carbons (Fsp3) is 0.647. The molecule has 1 atom stereocenters. The van der Waals surface area contributed by atoms with E-state index in [4.69, 9.17) is 0 Å². The van der Waals surface area contributed by atoms with Crippen molar-refractivity contribution in [3.05, 3.63) is 29.8 Å². The molecule has 0 aromatic heterocycles. The average Bonchev–Trinajstić information content (AvgIpc) is 2.63. The Kier molecular flexibility index (Phi) is 3.65. The van der Waals surface area contributed by atoms with E-state index in [2.05, 4.69) is 63.8 Å². The molecule has 2 nitrogen and oxygen atoms in total. The summed E-state index contributed by atoms with van der Waals surface area (Å²) in [6.07, 6.45) is 1.06. The summed E-state index contributed by atoms with van der Waals surface area (Å²) in [6, 6.07) is 8.92. The summed E-state index contributed by atoms with van der Waals surface area (Å²) in [6.45, 7) is 12.5. The van der Waals surface area contributed by atoms with Crippen LogP contribution in [0.3, 0.4) is 0 Å². The van der Waals surface area contributed by atoms with Gasteiger partial charge in [-0.05, 0) is 43.4 Å². The van der Waals surface area contributed by atoms with Gasteiger partial charge in [0.05, 0.1) is 0 Å². The van der Waals surface area contributed by atoms with Gasteiger partial charge in [0.2, 0.25) is 0 Å². The van der Waals surface area contributed by atoms with E-state index in [1.165, 1.54) is 11.3 Å². The zero-order chi connectivity index (χ0) is 14.3. The molecule has 0 spiro atoms. The van der Waals surface area contributed by atoms with Crippen molar-refractivity contribution >= 4 is 5.69 Å². The van der Waals surface area contributed by atoms with Crippen LogP contribution >= 0.6 is 0 Å². The van der Waals surface area contributed by atoms with E-state index in [-0.39, 0.29) is 11.0 Å². The molecule has 2 heteroatoms. The molecule has 19 heavy (non-hydrogen) atoms. The minimum atomic E-state index is 0.136. The summed E-state index contributed by atoms with van der Waals surface area (Å²) in [4.78, 5) is 2.43. The van der Waals surface area contributed by atoms with E-state index in [1.807, 2.05) is 0 Å². The SMILES string of the molecule is CC(C)(C)c1ccc(N2CC(CO)CC2(C)C)cc1. The topological polar surface area (TPSA) is 23.5 Å². The van der Waals surface area contributed by atoms with Crippen molar-refractivity contribution in [2.45, 2.75) is 52.0 Å². The number of anilines is 1. The second-order valence-corrected chi connectivity index (χ2v) is 7.47. The molecule has 1 aliphatic rings. The molecular formula is C17H27NO. The van der Waals surface area contributed by atoms with Crippen molar-refractivity contribution in [1.29, 1.82) is 0 Å². The van der Waals surface area contributed by atoms with Gasteiger partial charge in [-0.2, -0.15) is 0 Å². The maximum Gasteiger partial charge on any atom is 0.0477 e. The molecular weight excluding hydrogens is 234 g/mol. The van der Waals surface area contributed by atoms with Gasteiger partial charge in [-0.1, -0.05) is 32.9 Å². The molecule has 1 saturated heterocycles. The third-order valence-corrected chi connectivity index (χ3v) is 4.26. The molecule has 1 aromatic carbocycles. The van der Waals surface area contributed by atoms with Crippen molar-refractivity contribution in [2.24, 2.45) is 5.92 Å². The largest absolute Gasteiger partial charge is 0.396 e. The second kappa shape index (κ2) is 4.82. The third kappa shape index (κ3) is 2.94. The van der Waals surface area contributed by atoms with Crippen molar-refractivity contribution < 1.29 is 5.11 Å². The van der Waals surface area contributed by atoms with Crippen LogP contribution in [0.2, 0.25) is 0 Å². The van der Waals surface area contributed by atoms with Gasteiger partial charge in [0, 0.05) is 30.3 Å². The van der Waals surface area contributed by atoms with E-state index in [0.717, 1.165) is 13.0 Å². The molecule has 1 heterocycles. The van der Waals surface area contributed by atoms with Crippen LogP contribution in [0.4, 0.5) is 5.69 Å². The monoisotopic (exact) mass is 261 g/mol. The van der Waals surface area contributed by atoms with Gasteiger partial charge in [0.25, 0.3) is 0 Å². The minimum absolute atomic E-state index is 0.136. The fourth-order valence-corrected chi connectivity index (χ4v) is 3.11. The molecule has 1 fully saturated rings. The number of aliphatic hydroxyl groups excluding tert-OH is 1. The molecule has 2 rings (SSSR count). The Bertz CT molecular complexity index is 428. The van der Waals surface area contributed by atoms with Gasteiger partial charge >= 0.3 is 0 Å². The first kappa shape index (κ1) is 14.4. The number of benzene rings is 1. The highest BCUT2D eigenvalue weighted by Gasteiger charge is 2.37. The average molecular weight is 261 g/mol. The Morgan fingerprint density at radius 1 is 1.21 bits per heavy atom. The lowest BCUT2D eigenvalue weighted by Crippen LogP contribution is -2.38. The Labute approximate surface area is 117 Å². The molecule has 0 saturated carbocycles. The van der Waals surface area contributed by atoms with Crippen LogP contribution in [0.1, 0.15) is 46.6 Å². The standard InChI is InChI=1S/C17H27NO/c1-16(2,3)14-6-8-15(9-7-14)18-11-13(12-19)10-17(18,4)5/h6-9,13,19H,10-12H2,1-5H3. The predicted octanol–water partition coefficient (Wildman–Crippen LogP) is 3.58. The Balaban J connectivity index is 2.23. The van der Waals surface area contributed by atoms with Gasteiger partial charge in [0.1, 0.15) is 0 Å². The van der Waals surface area contributed by atoms with E-state index in [9.17, 15) is 5.11 Å². The van der Waals surface area contributed by atoms with Gasteiger partial charge in [-0.3, -0.25) is 0 Å². The minimum Gasteiger partial charge on any atom is -0.396 e. The zero-order valence-corrected chi connectivity index (χ0v) is 12.9. The highest BCUT2D eigenvalue weighted by Crippen LogP contribution is 2.37. The normalized spacial score (nSPS) is 22.8. The summed E-state index contributed by atoms with van der Waals surface area (Å²) >= 11 is 0. The second-order valence-electron chi connectivity index (χ2n) is 7.47. The van der Waals surface area contributed by atoms with Crippen LogP contribution in [0.5, 0.6) is 0 Å². The third-order valence-electron chi connectivity index (χ3n) is 4.26. The van der Waals surface area contributed by atoms with Crippen molar-refractivity contribution in [3.63, 3.8) is 0 Å². The van der Waals surface area contributed by atoms with Crippen molar-refractivity contribution in [3.8, 4) is 0 Å². The van der Waals surface area contributed by atoms with Crippen molar-refractivity contribution in [2.75, 3.05) is 18.1 Å². The van der Waals surface area contributed by atoms with Crippen LogP contribution in [0.15, 0.2) is 24.3 Å². The van der Waals surface area contributed by atoms with Gasteiger partial charge < -0.3 is 10.0 Å². The molecule has 1 unspecified atom stereocenters. The fourth-order valence-electron chi connectivity index (χ4n) is 3.11. The number of nitrogens with zero attached hydrogens (tertiary/aromatic N) is 1. The van der Waals surface area contributed by atoms with Crippen LogP contribution in [-0.4, -0.2) is 23.8 Å². The zero-order valence-electron chi connectivity index (χ0n) is 12.9. The lowest BCUT2D eigenvalue weighted by atomic mass is 9.87. The molecule has 0 aliphatic carbocycles. The van der Waals surface area contributed by atoms with Gasteiger partial charge in [-0.15, -0.1) is 0 Å². The maximum absolute atomic E-state index is 9.39. The molecule has 1 N–H and O–H groups in total. The van der Waals surface area contributed by atoms with Gasteiger partial charge in [-0.25, -0.2) is 0 Å². The van der Waals surface area contributed by atoms with Crippen LogP contribution in [-0.2, 0) is 5.41 Å². The predicted molar refractivity (Wildman–Crippen MR) is 81.8 cm³/mol. The highest BCUT2D eigenvalue weighted by molar-refractivity contribution is 5.52. The van der Waals surface area contributed by atoms with Crippen LogP contribution in [0.25, 0.3) is 0 Å². The summed E-state index contributed by atoms with van der Waals surface area (Å²) < 4.78 is 0. The summed E-state index contributed by atoms with van der Waals surface area (Å²) in [5.41, 5.74) is 2.98. The van der Waals surface area contributed by atoms with E-state index < -0.39 is 0 Å². The smallest absolute Gasteiger partial charge is 0.0477 e. The summed E-state index contributed by atoms with van der Waals surface area (Å²) in [5, 5.41) is 9.39. The Hall–Kier alpha value is -1.02. The van der Waals surface area contributed by atoms with E-state index in [0.29, 0.717) is 12.5 Å². The van der Waals surface area contributed by atoms with Crippen LogP contribution in [0, 0.1) is 5.92 Å². The van der Waals surface area contributed by atoms with E-state index >= 15 is 0 Å². The summed E-state index contributed by atoms with van der Waals surface area (Å²) in [7, 11) is 0. The molecule has 0 bridgehead atoms. The quantitative estimate of drug-likeness (QED) is 0.879. The number of aliphatic hydroxyl groups is 1. The number of hydrogen-bond acceptors (Lipinski definition) is 2. The van der Waals surface area contributed by atoms with Crippen LogP contribution < -0.4 is 4.90 Å². The maximum atomic E-state index is 9.39. The highest BCUT2D eigenvalue weighted by atomic mass is 16.3. The molecule has 1 aromatic rings. The Morgan fingerprint density at radius 2 is 1.79 bits per heavy atom. The summed E-state index contributed by atoms with van der Waals surface area (Å²) in [5.74, 6) is 0.400. The molecule has 0 amide bonds. The first-order chi connectivity index (χ1) is 8.74. The number of rotatable bonds is 2.